The van der Waals surface area contributed by atoms with Crippen molar-refractivity contribution in [2.45, 2.75) is 40.2 Å². The minimum atomic E-state index is 0.415. The second-order valence-electron chi connectivity index (χ2n) is 4.79. The number of nitrogens with one attached hydrogen (secondary N) is 2. The molecule has 5 heteroatoms. The maximum absolute atomic E-state index is 4.35. The molecule has 1 rings (SSSR count). The van der Waals surface area contributed by atoms with Gasteiger partial charge < -0.3 is 10.6 Å². The number of aryl methyl sites for hydroxylation is 1. The third-order valence-corrected chi connectivity index (χ3v) is 3.86. The molecule has 4 nitrogen and oxygen atoms in total. The Morgan fingerprint density at radius 3 is 2.67 bits per heavy atom. The topological polar surface area (TPSA) is 49.3 Å². The summed E-state index contributed by atoms with van der Waals surface area (Å²) in [6, 6.07) is 0.415. The predicted molar refractivity (Wildman–Crippen MR) is 79.4 cm³/mol. The zero-order chi connectivity index (χ0) is 13.5. The van der Waals surface area contributed by atoms with Gasteiger partial charge in [0.1, 0.15) is 0 Å². The Morgan fingerprint density at radius 2 is 2.17 bits per heavy atom. The number of nitrogens with zero attached hydrogens (tertiary/aromatic N) is 2. The number of aromatic nitrogens is 1. The highest BCUT2D eigenvalue weighted by Gasteiger charge is 2.08. The summed E-state index contributed by atoms with van der Waals surface area (Å²) < 4.78 is 0. The molecule has 0 bridgehead atoms. The Bertz CT molecular complexity index is 384. The third kappa shape index (κ3) is 5.04. The first kappa shape index (κ1) is 15.0. The molecule has 0 saturated carbocycles. The molecular formula is C13H24N4S. The number of rotatable bonds is 5. The van der Waals surface area contributed by atoms with E-state index in [2.05, 4.69) is 48.3 Å². The average Bonchev–Trinajstić information content (AvgIpc) is 2.73. The molecule has 1 unspecified atom stereocenters. The first-order chi connectivity index (χ1) is 8.52. The van der Waals surface area contributed by atoms with Crippen LogP contribution in [0.5, 0.6) is 0 Å². The van der Waals surface area contributed by atoms with E-state index >= 15 is 0 Å². The van der Waals surface area contributed by atoms with E-state index in [-0.39, 0.29) is 0 Å². The highest BCUT2D eigenvalue weighted by molar-refractivity contribution is 7.11. The van der Waals surface area contributed by atoms with Crippen molar-refractivity contribution in [2.75, 3.05) is 13.6 Å². The first-order valence-electron chi connectivity index (χ1n) is 6.41. The lowest BCUT2D eigenvalue weighted by Gasteiger charge is -2.20. The molecule has 1 aromatic heterocycles. The van der Waals surface area contributed by atoms with Crippen LogP contribution in [0.2, 0.25) is 0 Å². The number of aliphatic imine (C=N–C) groups is 1. The minimum Gasteiger partial charge on any atom is -0.356 e. The van der Waals surface area contributed by atoms with Crippen LogP contribution in [0.1, 0.15) is 30.7 Å². The summed E-state index contributed by atoms with van der Waals surface area (Å²) in [4.78, 5) is 9.83. The van der Waals surface area contributed by atoms with Gasteiger partial charge in [0.25, 0.3) is 0 Å². The highest BCUT2D eigenvalue weighted by Crippen LogP contribution is 2.10. The van der Waals surface area contributed by atoms with Crippen LogP contribution >= 0.6 is 11.3 Å². The molecule has 0 amide bonds. The second-order valence-corrected chi connectivity index (χ2v) is 6.11. The molecule has 0 aliphatic carbocycles. The smallest absolute Gasteiger partial charge is 0.191 e. The molecule has 0 aromatic carbocycles. The number of thiazole rings is 1. The largest absolute Gasteiger partial charge is 0.356 e. The van der Waals surface area contributed by atoms with Crippen molar-refractivity contribution in [3.05, 3.63) is 16.1 Å². The van der Waals surface area contributed by atoms with Crippen molar-refractivity contribution >= 4 is 17.3 Å². The van der Waals surface area contributed by atoms with Crippen LogP contribution < -0.4 is 10.6 Å². The van der Waals surface area contributed by atoms with Crippen molar-refractivity contribution in [1.29, 1.82) is 0 Å². The Hall–Kier alpha value is -1.10. The molecule has 1 aromatic rings. The molecule has 1 heterocycles. The Morgan fingerprint density at radius 1 is 1.44 bits per heavy atom. The van der Waals surface area contributed by atoms with Crippen LogP contribution in [0.4, 0.5) is 0 Å². The van der Waals surface area contributed by atoms with Gasteiger partial charge in [0.2, 0.25) is 0 Å². The second kappa shape index (κ2) is 7.36. The van der Waals surface area contributed by atoms with E-state index in [0.29, 0.717) is 12.0 Å². The summed E-state index contributed by atoms with van der Waals surface area (Å²) in [5.41, 5.74) is 0. The molecule has 1 atom stereocenters. The van der Waals surface area contributed by atoms with Gasteiger partial charge in [-0.3, -0.25) is 4.99 Å². The Kier molecular flexibility index (Phi) is 6.12. The lowest BCUT2D eigenvalue weighted by Crippen LogP contribution is -2.44. The molecule has 0 fully saturated rings. The molecule has 102 valence electrons. The van der Waals surface area contributed by atoms with Crippen LogP contribution in [-0.4, -0.2) is 30.6 Å². The summed E-state index contributed by atoms with van der Waals surface area (Å²) in [6.45, 7) is 9.51. The summed E-state index contributed by atoms with van der Waals surface area (Å²) in [5.74, 6) is 1.45. The van der Waals surface area contributed by atoms with Crippen molar-refractivity contribution in [3.8, 4) is 0 Å². The van der Waals surface area contributed by atoms with Gasteiger partial charge in [0, 0.05) is 37.1 Å². The van der Waals surface area contributed by atoms with Gasteiger partial charge in [0.15, 0.2) is 5.96 Å². The lowest BCUT2D eigenvalue weighted by molar-refractivity contribution is 0.481. The normalized spacial score (nSPS) is 13.8. The van der Waals surface area contributed by atoms with Crippen molar-refractivity contribution in [2.24, 2.45) is 10.9 Å². The molecule has 0 aliphatic heterocycles. The summed E-state index contributed by atoms with van der Waals surface area (Å²) >= 11 is 1.75. The summed E-state index contributed by atoms with van der Waals surface area (Å²) in [5, 5.41) is 7.87. The molecule has 0 radical (unpaired) electrons. The summed E-state index contributed by atoms with van der Waals surface area (Å²) in [7, 11) is 1.80. The van der Waals surface area contributed by atoms with E-state index in [1.807, 2.05) is 6.20 Å². The predicted octanol–water partition coefficient (Wildman–Crippen LogP) is 2.20. The van der Waals surface area contributed by atoms with Crippen LogP contribution in [-0.2, 0) is 6.42 Å². The van der Waals surface area contributed by atoms with Crippen molar-refractivity contribution in [3.63, 3.8) is 0 Å². The van der Waals surface area contributed by atoms with Gasteiger partial charge in [-0.1, -0.05) is 13.8 Å². The van der Waals surface area contributed by atoms with E-state index in [9.17, 15) is 0 Å². The van der Waals surface area contributed by atoms with Gasteiger partial charge in [-0.15, -0.1) is 11.3 Å². The molecule has 2 N–H and O–H groups in total. The number of hydrogen-bond donors (Lipinski definition) is 2. The third-order valence-electron chi connectivity index (χ3n) is 2.89. The highest BCUT2D eigenvalue weighted by atomic mass is 32.1. The lowest BCUT2D eigenvalue weighted by atomic mass is 10.1. The fourth-order valence-electron chi connectivity index (χ4n) is 1.38. The zero-order valence-electron chi connectivity index (χ0n) is 11.9. The molecular weight excluding hydrogens is 244 g/mol. The quantitative estimate of drug-likeness (QED) is 0.636. The van der Waals surface area contributed by atoms with Crippen LogP contribution in [0.15, 0.2) is 11.2 Å². The zero-order valence-corrected chi connectivity index (χ0v) is 12.8. The van der Waals surface area contributed by atoms with Crippen molar-refractivity contribution in [1.82, 2.24) is 15.6 Å². The monoisotopic (exact) mass is 268 g/mol. The average molecular weight is 268 g/mol. The first-order valence-corrected chi connectivity index (χ1v) is 7.23. The van der Waals surface area contributed by atoms with Crippen molar-refractivity contribution < 1.29 is 0 Å². The standard InChI is InChI=1S/C13H24N4S/c1-9(2)11(4)17-13(14-5)15-7-6-12-16-8-10(3)18-12/h8-9,11H,6-7H2,1-5H3,(H2,14,15,17). The van der Waals surface area contributed by atoms with E-state index in [0.717, 1.165) is 18.9 Å². The van der Waals surface area contributed by atoms with Gasteiger partial charge in [-0.05, 0) is 19.8 Å². The van der Waals surface area contributed by atoms with Gasteiger partial charge in [-0.2, -0.15) is 0 Å². The van der Waals surface area contributed by atoms with E-state index in [1.54, 1.807) is 18.4 Å². The van der Waals surface area contributed by atoms with Gasteiger partial charge >= 0.3 is 0 Å². The number of hydrogen-bond acceptors (Lipinski definition) is 3. The van der Waals surface area contributed by atoms with Crippen LogP contribution in [0.3, 0.4) is 0 Å². The Balaban J connectivity index is 2.32. The van der Waals surface area contributed by atoms with E-state index in [4.69, 9.17) is 0 Å². The van der Waals surface area contributed by atoms with E-state index < -0.39 is 0 Å². The maximum Gasteiger partial charge on any atom is 0.191 e. The number of guanidine groups is 1. The fourth-order valence-corrected chi connectivity index (χ4v) is 2.17. The van der Waals surface area contributed by atoms with E-state index in [1.165, 1.54) is 9.88 Å². The Labute approximate surface area is 114 Å². The minimum absolute atomic E-state index is 0.415. The molecule has 0 aliphatic rings. The van der Waals surface area contributed by atoms with Gasteiger partial charge in [-0.25, -0.2) is 4.98 Å². The fraction of sp³-hybridized carbons (Fsp3) is 0.692. The molecule has 18 heavy (non-hydrogen) atoms. The maximum atomic E-state index is 4.35. The van der Waals surface area contributed by atoms with Gasteiger partial charge in [0.05, 0.1) is 5.01 Å². The molecule has 0 spiro atoms. The molecule has 0 saturated heterocycles. The van der Waals surface area contributed by atoms with Crippen LogP contribution in [0.25, 0.3) is 0 Å². The SMILES string of the molecule is CN=C(NCCc1ncc(C)s1)NC(C)C(C)C. The summed E-state index contributed by atoms with van der Waals surface area (Å²) in [6.07, 6.45) is 2.86. The van der Waals surface area contributed by atoms with Crippen LogP contribution in [0, 0.1) is 12.8 Å².